The van der Waals surface area contributed by atoms with E-state index in [1.807, 2.05) is 12.3 Å². The van der Waals surface area contributed by atoms with Crippen molar-refractivity contribution in [3.63, 3.8) is 0 Å². The fourth-order valence-corrected chi connectivity index (χ4v) is 2.51. The number of hydrogen-bond acceptors (Lipinski definition) is 4. The first-order chi connectivity index (χ1) is 8.41. The molecule has 5 nitrogen and oxygen atoms in total. The molecule has 1 heterocycles. The van der Waals surface area contributed by atoms with Gasteiger partial charge < -0.3 is 14.6 Å². The third kappa shape index (κ3) is 4.27. The molecular weight excluding hydrogens is 252 g/mol. The van der Waals surface area contributed by atoms with Crippen LogP contribution in [0, 0.1) is 6.92 Å². The summed E-state index contributed by atoms with van der Waals surface area (Å²) in [7, 11) is 1.68. The van der Waals surface area contributed by atoms with E-state index in [1.165, 1.54) is 16.2 Å². The minimum absolute atomic E-state index is 0.00293. The van der Waals surface area contributed by atoms with Gasteiger partial charge in [-0.3, -0.25) is 9.59 Å². The van der Waals surface area contributed by atoms with Gasteiger partial charge in [-0.25, -0.2) is 0 Å². The lowest BCUT2D eigenvalue weighted by Crippen LogP contribution is -2.33. The first-order valence-corrected chi connectivity index (χ1v) is 6.86. The van der Waals surface area contributed by atoms with Crippen molar-refractivity contribution < 1.29 is 9.90 Å². The molecule has 1 rings (SSSR count). The third-order valence-corrected chi connectivity index (χ3v) is 3.59. The molecule has 0 radical (unpaired) electrons. The number of aliphatic hydroxyl groups excluding tert-OH is 1. The molecule has 0 aliphatic rings. The van der Waals surface area contributed by atoms with Crippen LogP contribution in [-0.4, -0.2) is 40.2 Å². The summed E-state index contributed by atoms with van der Waals surface area (Å²) < 4.78 is 1.69. The van der Waals surface area contributed by atoms with Crippen LogP contribution in [0.25, 0.3) is 0 Å². The zero-order chi connectivity index (χ0) is 13.7. The molecule has 0 fully saturated rings. The average Bonchev–Trinajstić information content (AvgIpc) is 2.59. The van der Waals surface area contributed by atoms with Gasteiger partial charge in [-0.2, -0.15) is 0 Å². The number of aliphatic hydroxyl groups is 1. The number of aryl methyl sites for hydroxylation is 1. The molecule has 0 aromatic carbocycles. The van der Waals surface area contributed by atoms with Gasteiger partial charge in [-0.15, -0.1) is 0 Å². The minimum Gasteiger partial charge on any atom is -0.392 e. The van der Waals surface area contributed by atoms with Gasteiger partial charge in [0.25, 0.3) is 0 Å². The number of amides is 1. The van der Waals surface area contributed by atoms with Crippen LogP contribution in [0.15, 0.2) is 10.2 Å². The number of hydrogen-bond donors (Lipinski definition) is 1. The van der Waals surface area contributed by atoms with Crippen molar-refractivity contribution in [2.75, 3.05) is 13.6 Å². The van der Waals surface area contributed by atoms with Crippen molar-refractivity contribution in [2.24, 2.45) is 0 Å². The van der Waals surface area contributed by atoms with E-state index in [-0.39, 0.29) is 10.8 Å². The van der Waals surface area contributed by atoms with Gasteiger partial charge in [0.1, 0.15) is 0 Å². The van der Waals surface area contributed by atoms with Crippen molar-refractivity contribution in [1.82, 2.24) is 9.47 Å². The Balaban J connectivity index is 2.38. The number of thiazole rings is 1. The number of likely N-dealkylation sites (N-methyl/N-ethyl adjacent to an activating group) is 1. The Labute approximate surface area is 111 Å². The fraction of sp³-hybridized carbons (Fsp3) is 0.667. The molecule has 1 aromatic heterocycles. The summed E-state index contributed by atoms with van der Waals surface area (Å²) in [5, 5.41) is 11.0. The lowest BCUT2D eigenvalue weighted by molar-refractivity contribution is -0.131. The second-order valence-electron chi connectivity index (χ2n) is 4.52. The quantitative estimate of drug-likeness (QED) is 0.834. The van der Waals surface area contributed by atoms with E-state index >= 15 is 0 Å². The Morgan fingerprint density at radius 3 is 2.78 bits per heavy atom. The van der Waals surface area contributed by atoms with E-state index in [1.54, 1.807) is 18.5 Å². The van der Waals surface area contributed by atoms with Crippen molar-refractivity contribution >= 4 is 17.2 Å². The van der Waals surface area contributed by atoms with Crippen LogP contribution >= 0.6 is 11.3 Å². The van der Waals surface area contributed by atoms with Crippen LogP contribution in [0.5, 0.6) is 0 Å². The predicted molar refractivity (Wildman–Crippen MR) is 71.9 cm³/mol. The summed E-state index contributed by atoms with van der Waals surface area (Å²) in [6, 6.07) is 0. The normalized spacial score (nSPS) is 12.4. The van der Waals surface area contributed by atoms with Gasteiger partial charge in [0.2, 0.25) is 5.91 Å². The largest absolute Gasteiger partial charge is 0.392 e. The first kappa shape index (κ1) is 14.9. The lowest BCUT2D eigenvalue weighted by Gasteiger charge is -2.18. The molecule has 6 heteroatoms. The number of nitrogens with zero attached hydrogens (tertiary/aromatic N) is 2. The van der Waals surface area contributed by atoms with Crippen molar-refractivity contribution in [3.05, 3.63) is 20.7 Å². The van der Waals surface area contributed by atoms with E-state index < -0.39 is 6.10 Å². The maximum Gasteiger partial charge on any atom is 0.307 e. The van der Waals surface area contributed by atoms with Crippen molar-refractivity contribution in [2.45, 2.75) is 39.3 Å². The number of rotatable bonds is 6. The topological polar surface area (TPSA) is 62.5 Å². The van der Waals surface area contributed by atoms with E-state index in [4.69, 9.17) is 0 Å². The molecule has 102 valence electrons. The Morgan fingerprint density at radius 2 is 2.28 bits per heavy atom. The van der Waals surface area contributed by atoms with Gasteiger partial charge in [-0.1, -0.05) is 11.3 Å². The third-order valence-electron chi connectivity index (χ3n) is 2.71. The second-order valence-corrected chi connectivity index (χ2v) is 5.34. The fourth-order valence-electron chi connectivity index (χ4n) is 1.75. The summed E-state index contributed by atoms with van der Waals surface area (Å²) in [6.45, 7) is 4.45. The van der Waals surface area contributed by atoms with Crippen LogP contribution in [0.2, 0.25) is 0 Å². The van der Waals surface area contributed by atoms with Crippen LogP contribution < -0.4 is 4.87 Å². The summed E-state index contributed by atoms with van der Waals surface area (Å²) in [5.74, 6) is -0.00293. The highest BCUT2D eigenvalue weighted by molar-refractivity contribution is 7.07. The molecule has 0 spiro atoms. The average molecular weight is 272 g/mol. The Bertz CT molecular complexity index is 450. The molecule has 1 N–H and O–H groups in total. The summed E-state index contributed by atoms with van der Waals surface area (Å²) in [4.78, 5) is 24.7. The summed E-state index contributed by atoms with van der Waals surface area (Å²) in [6.07, 6.45) is 0.520. The predicted octanol–water partition coefficient (Wildman–Crippen LogP) is 0.838. The van der Waals surface area contributed by atoms with Crippen molar-refractivity contribution in [3.8, 4) is 0 Å². The van der Waals surface area contributed by atoms with E-state index in [0.717, 1.165) is 5.69 Å². The Morgan fingerprint density at radius 1 is 1.61 bits per heavy atom. The smallest absolute Gasteiger partial charge is 0.307 e. The Hall–Kier alpha value is -1.14. The monoisotopic (exact) mass is 272 g/mol. The number of carbonyl (C=O) groups is 1. The van der Waals surface area contributed by atoms with Gasteiger partial charge >= 0.3 is 4.87 Å². The standard InChI is InChI=1S/C12H20N2O3S/c1-9-8-18-12(17)14(9)6-4-5-11(16)13(3)7-10(2)15/h8,10,15H,4-7H2,1-3H3. The van der Waals surface area contributed by atoms with E-state index in [0.29, 0.717) is 25.9 Å². The van der Waals surface area contributed by atoms with Crippen LogP contribution in [-0.2, 0) is 11.3 Å². The zero-order valence-corrected chi connectivity index (χ0v) is 11.9. The van der Waals surface area contributed by atoms with Gasteiger partial charge in [0, 0.05) is 37.6 Å². The lowest BCUT2D eigenvalue weighted by atomic mass is 10.2. The molecule has 1 aromatic rings. The molecule has 0 saturated carbocycles. The highest BCUT2D eigenvalue weighted by Crippen LogP contribution is 2.04. The zero-order valence-electron chi connectivity index (χ0n) is 11.0. The maximum absolute atomic E-state index is 11.7. The van der Waals surface area contributed by atoms with E-state index in [2.05, 4.69) is 0 Å². The molecule has 0 aliphatic carbocycles. The number of carbonyl (C=O) groups excluding carboxylic acids is 1. The van der Waals surface area contributed by atoms with Crippen molar-refractivity contribution in [1.29, 1.82) is 0 Å². The highest BCUT2D eigenvalue weighted by atomic mass is 32.1. The maximum atomic E-state index is 11.7. The van der Waals surface area contributed by atoms with Gasteiger partial charge in [0.15, 0.2) is 0 Å². The molecule has 18 heavy (non-hydrogen) atoms. The SMILES string of the molecule is Cc1csc(=O)n1CCCC(=O)N(C)CC(C)O. The highest BCUT2D eigenvalue weighted by Gasteiger charge is 2.11. The van der Waals surface area contributed by atoms with E-state index in [9.17, 15) is 14.7 Å². The van der Waals surface area contributed by atoms with Crippen LogP contribution in [0.4, 0.5) is 0 Å². The molecule has 0 saturated heterocycles. The van der Waals surface area contributed by atoms with Crippen LogP contribution in [0.3, 0.4) is 0 Å². The molecular formula is C12H20N2O3S. The van der Waals surface area contributed by atoms with Gasteiger partial charge in [-0.05, 0) is 20.3 Å². The minimum atomic E-state index is -0.513. The summed E-state index contributed by atoms with van der Waals surface area (Å²) >= 11 is 1.18. The molecule has 1 unspecified atom stereocenters. The van der Waals surface area contributed by atoms with Gasteiger partial charge in [0.05, 0.1) is 6.10 Å². The second kappa shape index (κ2) is 6.70. The molecule has 0 aliphatic heterocycles. The summed E-state index contributed by atoms with van der Waals surface area (Å²) in [5.41, 5.74) is 0.940. The number of aromatic nitrogens is 1. The molecule has 1 atom stereocenters. The first-order valence-electron chi connectivity index (χ1n) is 5.98. The Kier molecular flexibility index (Phi) is 5.55. The molecule has 1 amide bonds. The molecule has 0 bridgehead atoms. The van der Waals surface area contributed by atoms with Crippen LogP contribution in [0.1, 0.15) is 25.5 Å².